The highest BCUT2D eigenvalue weighted by atomic mass is 16.2. The molecule has 0 atom stereocenters. The van der Waals surface area contributed by atoms with E-state index in [0.717, 1.165) is 45.7 Å². The zero-order valence-electron chi connectivity index (χ0n) is 9.09. The first-order valence-corrected chi connectivity index (χ1v) is 5.73. The summed E-state index contributed by atoms with van der Waals surface area (Å²) >= 11 is 0. The highest BCUT2D eigenvalue weighted by Crippen LogP contribution is 2.09. The number of carbonyl (C=O) groups excluding carboxylic acids is 1. The normalized spacial score (nSPS) is 22.4. The van der Waals surface area contributed by atoms with Gasteiger partial charge in [0, 0.05) is 39.1 Å². The Balaban J connectivity index is 1.82. The molecule has 1 amide bonds. The Hall–Kier alpha value is -0.870. The van der Waals surface area contributed by atoms with Crippen molar-refractivity contribution in [3.05, 3.63) is 11.6 Å². The topological polar surface area (TPSA) is 44.4 Å². The summed E-state index contributed by atoms with van der Waals surface area (Å²) in [7, 11) is 0. The largest absolute Gasteiger partial charge is 0.340 e. The third-order valence-electron chi connectivity index (χ3n) is 2.95. The van der Waals surface area contributed by atoms with E-state index in [-0.39, 0.29) is 5.91 Å². The van der Waals surface area contributed by atoms with E-state index in [2.05, 4.69) is 16.7 Å². The molecular formula is C11H19N3O. The molecule has 1 fully saturated rings. The maximum absolute atomic E-state index is 11.9. The third kappa shape index (κ3) is 3.04. The van der Waals surface area contributed by atoms with Gasteiger partial charge < -0.3 is 15.5 Å². The van der Waals surface area contributed by atoms with Crippen LogP contribution in [0.3, 0.4) is 0 Å². The fraction of sp³-hybridized carbons (Fsp3) is 0.727. The van der Waals surface area contributed by atoms with Crippen LogP contribution in [0.5, 0.6) is 0 Å². The molecule has 2 aliphatic rings. The minimum Gasteiger partial charge on any atom is -0.340 e. The quantitative estimate of drug-likeness (QED) is 0.615. The lowest BCUT2D eigenvalue weighted by molar-refractivity contribution is -0.131. The van der Waals surface area contributed by atoms with Crippen molar-refractivity contribution in [1.82, 2.24) is 15.5 Å². The summed E-state index contributed by atoms with van der Waals surface area (Å²) in [6, 6.07) is 0. The smallest absolute Gasteiger partial charge is 0.226 e. The molecule has 15 heavy (non-hydrogen) atoms. The number of amides is 1. The predicted octanol–water partition coefficient (Wildman–Crippen LogP) is -0.272. The van der Waals surface area contributed by atoms with Gasteiger partial charge in [-0.1, -0.05) is 11.6 Å². The van der Waals surface area contributed by atoms with Crippen LogP contribution in [-0.4, -0.2) is 50.1 Å². The van der Waals surface area contributed by atoms with E-state index < -0.39 is 0 Å². The standard InChI is InChI=1S/C11H19N3O/c15-11(14-6-4-12-5-7-14)8-10-2-1-3-13-9-10/h2,12-13H,1,3-9H2. The van der Waals surface area contributed by atoms with Gasteiger partial charge in [0.25, 0.3) is 0 Å². The molecule has 4 nitrogen and oxygen atoms in total. The monoisotopic (exact) mass is 209 g/mol. The summed E-state index contributed by atoms with van der Waals surface area (Å²) in [4.78, 5) is 13.9. The number of carbonyl (C=O) groups is 1. The van der Waals surface area contributed by atoms with Gasteiger partial charge in [-0.15, -0.1) is 0 Å². The second kappa shape index (κ2) is 5.28. The van der Waals surface area contributed by atoms with E-state index in [1.165, 1.54) is 5.57 Å². The number of hydrogen-bond acceptors (Lipinski definition) is 3. The molecule has 2 aliphatic heterocycles. The average Bonchev–Trinajstić information content (AvgIpc) is 2.31. The van der Waals surface area contributed by atoms with E-state index in [1.54, 1.807) is 0 Å². The van der Waals surface area contributed by atoms with Gasteiger partial charge in [-0.05, 0) is 13.0 Å². The molecule has 0 aromatic heterocycles. The minimum atomic E-state index is 0.284. The van der Waals surface area contributed by atoms with Gasteiger partial charge in [0.2, 0.25) is 5.91 Å². The highest BCUT2D eigenvalue weighted by molar-refractivity contribution is 5.79. The Kier molecular flexibility index (Phi) is 3.75. The van der Waals surface area contributed by atoms with Crippen molar-refractivity contribution in [1.29, 1.82) is 0 Å². The van der Waals surface area contributed by atoms with Gasteiger partial charge in [-0.2, -0.15) is 0 Å². The molecule has 2 rings (SSSR count). The van der Waals surface area contributed by atoms with Crippen LogP contribution in [0.25, 0.3) is 0 Å². The Labute approximate surface area is 90.7 Å². The maximum Gasteiger partial charge on any atom is 0.226 e. The number of hydrogen-bond donors (Lipinski definition) is 2. The van der Waals surface area contributed by atoms with E-state index in [1.807, 2.05) is 4.90 Å². The van der Waals surface area contributed by atoms with Crippen molar-refractivity contribution in [2.45, 2.75) is 12.8 Å². The first kappa shape index (κ1) is 10.6. The minimum absolute atomic E-state index is 0.284. The lowest BCUT2D eigenvalue weighted by Gasteiger charge is -2.28. The van der Waals surface area contributed by atoms with Gasteiger partial charge in [-0.25, -0.2) is 0 Å². The molecule has 0 saturated carbocycles. The van der Waals surface area contributed by atoms with Crippen LogP contribution < -0.4 is 10.6 Å². The summed E-state index contributed by atoms with van der Waals surface area (Å²) in [6.45, 7) is 5.52. The zero-order chi connectivity index (χ0) is 10.5. The van der Waals surface area contributed by atoms with E-state index in [4.69, 9.17) is 0 Å². The summed E-state index contributed by atoms with van der Waals surface area (Å²) in [5.41, 5.74) is 1.25. The molecule has 2 heterocycles. The second-order valence-electron chi connectivity index (χ2n) is 4.14. The molecule has 1 saturated heterocycles. The first-order chi connectivity index (χ1) is 7.36. The Bertz CT molecular complexity index is 257. The van der Waals surface area contributed by atoms with Crippen LogP contribution in [0.4, 0.5) is 0 Å². The van der Waals surface area contributed by atoms with Crippen molar-refractivity contribution in [2.24, 2.45) is 0 Å². The van der Waals surface area contributed by atoms with Crippen molar-refractivity contribution in [3.8, 4) is 0 Å². The van der Waals surface area contributed by atoms with Crippen molar-refractivity contribution in [3.63, 3.8) is 0 Å². The second-order valence-corrected chi connectivity index (χ2v) is 4.14. The van der Waals surface area contributed by atoms with E-state index >= 15 is 0 Å². The molecular weight excluding hydrogens is 190 g/mol. The van der Waals surface area contributed by atoms with E-state index in [9.17, 15) is 4.79 Å². The molecule has 0 bridgehead atoms. The number of rotatable bonds is 2. The molecule has 2 N–H and O–H groups in total. The number of nitrogens with zero attached hydrogens (tertiary/aromatic N) is 1. The van der Waals surface area contributed by atoms with Crippen molar-refractivity contribution in [2.75, 3.05) is 39.3 Å². The van der Waals surface area contributed by atoms with Crippen LogP contribution in [-0.2, 0) is 4.79 Å². The molecule has 0 aromatic carbocycles. The Morgan fingerprint density at radius 1 is 1.27 bits per heavy atom. The van der Waals surface area contributed by atoms with Crippen LogP contribution in [0.15, 0.2) is 11.6 Å². The summed E-state index contributed by atoms with van der Waals surface area (Å²) < 4.78 is 0. The SMILES string of the molecule is O=C(CC1=CCCNC1)N1CCNCC1. The van der Waals surface area contributed by atoms with Gasteiger partial charge >= 0.3 is 0 Å². The van der Waals surface area contributed by atoms with Crippen LogP contribution in [0, 0.1) is 0 Å². The molecule has 0 unspecified atom stereocenters. The van der Waals surface area contributed by atoms with Gasteiger partial charge in [0.1, 0.15) is 0 Å². The number of piperazine rings is 1. The predicted molar refractivity (Wildman–Crippen MR) is 59.6 cm³/mol. The average molecular weight is 209 g/mol. The maximum atomic E-state index is 11.9. The van der Waals surface area contributed by atoms with Gasteiger partial charge in [0.15, 0.2) is 0 Å². The lowest BCUT2D eigenvalue weighted by atomic mass is 10.1. The number of nitrogens with one attached hydrogen (secondary N) is 2. The highest BCUT2D eigenvalue weighted by Gasteiger charge is 2.17. The summed E-state index contributed by atoms with van der Waals surface area (Å²) in [5.74, 6) is 0.284. The lowest BCUT2D eigenvalue weighted by Crippen LogP contribution is -2.46. The molecule has 84 valence electrons. The summed E-state index contributed by atoms with van der Waals surface area (Å²) in [6.07, 6.45) is 3.87. The van der Waals surface area contributed by atoms with Gasteiger partial charge in [0.05, 0.1) is 0 Å². The fourth-order valence-electron chi connectivity index (χ4n) is 2.05. The Morgan fingerprint density at radius 3 is 2.73 bits per heavy atom. The first-order valence-electron chi connectivity index (χ1n) is 5.73. The molecule has 4 heteroatoms. The van der Waals surface area contributed by atoms with Crippen LogP contribution in [0.2, 0.25) is 0 Å². The summed E-state index contributed by atoms with van der Waals surface area (Å²) in [5, 5.41) is 6.54. The van der Waals surface area contributed by atoms with E-state index in [0.29, 0.717) is 6.42 Å². The van der Waals surface area contributed by atoms with Crippen LogP contribution >= 0.6 is 0 Å². The molecule has 0 aromatic rings. The molecule has 0 radical (unpaired) electrons. The van der Waals surface area contributed by atoms with Crippen molar-refractivity contribution >= 4 is 5.91 Å². The van der Waals surface area contributed by atoms with Crippen LogP contribution in [0.1, 0.15) is 12.8 Å². The Morgan fingerprint density at radius 2 is 2.07 bits per heavy atom. The molecule has 0 aliphatic carbocycles. The zero-order valence-corrected chi connectivity index (χ0v) is 9.09. The third-order valence-corrected chi connectivity index (χ3v) is 2.95. The van der Waals surface area contributed by atoms with Crippen molar-refractivity contribution < 1.29 is 4.79 Å². The molecule has 0 spiro atoms. The fourth-order valence-corrected chi connectivity index (χ4v) is 2.05. The van der Waals surface area contributed by atoms with Gasteiger partial charge in [-0.3, -0.25) is 4.79 Å².